The van der Waals surface area contributed by atoms with E-state index in [4.69, 9.17) is 21.1 Å². The van der Waals surface area contributed by atoms with Gasteiger partial charge in [0.05, 0.1) is 23.1 Å². The van der Waals surface area contributed by atoms with E-state index in [-0.39, 0.29) is 29.4 Å². The van der Waals surface area contributed by atoms with Crippen LogP contribution in [0.15, 0.2) is 48.6 Å². The van der Waals surface area contributed by atoms with Gasteiger partial charge in [0.1, 0.15) is 12.4 Å². The van der Waals surface area contributed by atoms with E-state index in [9.17, 15) is 18.3 Å². The number of hydrogen-bond donors (Lipinski definition) is 2. The van der Waals surface area contributed by atoms with Gasteiger partial charge in [0.15, 0.2) is 0 Å². The number of hydrogen-bond acceptors (Lipinski definition) is 7. The maximum absolute atomic E-state index is 13.7. The Hall–Kier alpha value is -2.59. The fourth-order valence-electron chi connectivity index (χ4n) is 7.02. The number of nitrogens with zero attached hydrogens (tertiary/aromatic N) is 1. The number of amides is 1. The third kappa shape index (κ3) is 6.96. The molecule has 0 radical (unpaired) electrons. The molecule has 2 aromatic carbocycles. The molecule has 6 atom stereocenters. The molecule has 6 rings (SSSR count). The van der Waals surface area contributed by atoms with Crippen LogP contribution in [0.1, 0.15) is 73.4 Å². The summed E-state index contributed by atoms with van der Waals surface area (Å²) in [6.45, 7) is 4.32. The van der Waals surface area contributed by atoms with Gasteiger partial charge in [0, 0.05) is 30.3 Å². The van der Waals surface area contributed by atoms with E-state index in [2.05, 4.69) is 9.62 Å². The summed E-state index contributed by atoms with van der Waals surface area (Å²) in [5, 5.41) is 11.1. The van der Waals surface area contributed by atoms with Gasteiger partial charge in [-0.2, -0.15) is 0 Å². The van der Waals surface area contributed by atoms with Crippen molar-refractivity contribution in [2.45, 2.75) is 82.4 Å². The standard InChI is InChI=1S/C34H43ClN2O6S/c1-22-5-4-7-31(38)29-12-9-25(29)20-37-15-3-2-6-23-17-27(35)11-8-26(23)21-43-32-13-10-24(18-30(32)37)34(39)36-44(40,41)33(22)19-28-14-16-42-28/h4,7-8,10-11,13,17-18,22,25,28-29,31,33,38H,2-3,5-6,9,12,14-16,19-21H2,1H3,(H,36,39)/b7-4+/t22-,25-,28-,29+,31-,33+/m0/s1. The van der Waals surface area contributed by atoms with Crippen LogP contribution in [-0.2, 0) is 27.8 Å². The summed E-state index contributed by atoms with van der Waals surface area (Å²) in [6, 6.07) is 11.1. The van der Waals surface area contributed by atoms with Crippen molar-refractivity contribution >= 4 is 33.2 Å². The predicted octanol–water partition coefficient (Wildman–Crippen LogP) is 5.65. The van der Waals surface area contributed by atoms with E-state index in [0.29, 0.717) is 43.4 Å². The molecule has 1 aliphatic carbocycles. The fourth-order valence-corrected chi connectivity index (χ4v) is 8.93. The van der Waals surface area contributed by atoms with Gasteiger partial charge in [0.25, 0.3) is 5.91 Å². The zero-order valence-corrected chi connectivity index (χ0v) is 26.9. The highest BCUT2D eigenvalue weighted by Crippen LogP contribution is 2.41. The molecule has 10 heteroatoms. The van der Waals surface area contributed by atoms with Crippen molar-refractivity contribution in [3.63, 3.8) is 0 Å². The molecule has 4 aliphatic rings. The summed E-state index contributed by atoms with van der Waals surface area (Å²) in [4.78, 5) is 15.9. The topological polar surface area (TPSA) is 105 Å². The largest absolute Gasteiger partial charge is 0.487 e. The van der Waals surface area contributed by atoms with Gasteiger partial charge in [0.2, 0.25) is 10.0 Å². The van der Waals surface area contributed by atoms with E-state index in [1.54, 1.807) is 18.2 Å². The van der Waals surface area contributed by atoms with Gasteiger partial charge in [-0.15, -0.1) is 0 Å². The van der Waals surface area contributed by atoms with Crippen LogP contribution < -0.4 is 14.4 Å². The first-order valence-corrected chi connectivity index (χ1v) is 17.9. The van der Waals surface area contributed by atoms with Crippen LogP contribution in [0.3, 0.4) is 0 Å². The molecule has 8 nitrogen and oxygen atoms in total. The summed E-state index contributed by atoms with van der Waals surface area (Å²) < 4.78 is 41.8. The van der Waals surface area contributed by atoms with Crippen molar-refractivity contribution in [3.8, 4) is 5.75 Å². The van der Waals surface area contributed by atoms with Gasteiger partial charge in [-0.05, 0) is 111 Å². The van der Waals surface area contributed by atoms with E-state index < -0.39 is 27.3 Å². The second-order valence-corrected chi connectivity index (χ2v) is 15.3. The average molecular weight is 643 g/mol. The Labute approximate surface area is 265 Å². The van der Waals surface area contributed by atoms with Crippen LogP contribution in [0.25, 0.3) is 0 Å². The molecule has 3 heterocycles. The van der Waals surface area contributed by atoms with Crippen molar-refractivity contribution < 1.29 is 27.8 Å². The molecule has 3 aliphatic heterocycles. The second kappa shape index (κ2) is 13.4. The monoisotopic (exact) mass is 642 g/mol. The van der Waals surface area contributed by atoms with Crippen molar-refractivity contribution in [1.29, 1.82) is 0 Å². The number of rotatable bonds is 2. The molecule has 0 unspecified atom stereocenters. The fraction of sp³-hybridized carbons (Fsp3) is 0.559. The number of carbonyl (C=O) groups is 1. The maximum atomic E-state index is 13.7. The highest BCUT2D eigenvalue weighted by molar-refractivity contribution is 7.90. The minimum atomic E-state index is -4.02. The average Bonchev–Trinajstić information content (AvgIpc) is 2.96. The molecule has 238 valence electrons. The molecule has 1 amide bonds. The molecule has 2 N–H and O–H groups in total. The molecule has 2 aromatic rings. The van der Waals surface area contributed by atoms with Crippen LogP contribution in [0.4, 0.5) is 5.69 Å². The second-order valence-electron chi connectivity index (χ2n) is 13.0. The zero-order valence-electron chi connectivity index (χ0n) is 25.3. The van der Waals surface area contributed by atoms with Gasteiger partial charge in [-0.25, -0.2) is 13.1 Å². The number of nitrogens with one attached hydrogen (secondary N) is 1. The summed E-state index contributed by atoms with van der Waals surface area (Å²) >= 11 is 6.32. The number of aliphatic hydroxyl groups is 1. The third-order valence-corrected chi connectivity index (χ3v) is 12.2. The van der Waals surface area contributed by atoms with E-state index in [1.165, 1.54) is 5.56 Å². The molecular weight excluding hydrogens is 600 g/mol. The minimum Gasteiger partial charge on any atom is -0.487 e. The summed E-state index contributed by atoms with van der Waals surface area (Å²) in [7, 11) is -4.02. The van der Waals surface area contributed by atoms with E-state index >= 15 is 0 Å². The number of sulfonamides is 1. The molecule has 1 saturated carbocycles. The first-order chi connectivity index (χ1) is 21.2. The third-order valence-electron chi connectivity index (χ3n) is 10.0. The van der Waals surface area contributed by atoms with Gasteiger partial charge in [-0.1, -0.05) is 36.7 Å². The van der Waals surface area contributed by atoms with Crippen LogP contribution >= 0.6 is 11.6 Å². The lowest BCUT2D eigenvalue weighted by molar-refractivity contribution is -0.0564. The van der Waals surface area contributed by atoms with Crippen LogP contribution in [0.5, 0.6) is 5.75 Å². The normalized spacial score (nSPS) is 31.4. The zero-order chi connectivity index (χ0) is 30.8. The van der Waals surface area contributed by atoms with Crippen molar-refractivity contribution in [1.82, 2.24) is 4.72 Å². The number of halogens is 1. The highest BCUT2D eigenvalue weighted by atomic mass is 35.5. The number of aryl methyl sites for hydroxylation is 1. The first-order valence-electron chi connectivity index (χ1n) is 16.0. The van der Waals surface area contributed by atoms with Gasteiger partial charge in [-0.3, -0.25) is 4.79 Å². The molecular formula is C34H43ClN2O6S. The lowest BCUT2D eigenvalue weighted by atomic mass is 9.70. The van der Waals surface area contributed by atoms with Crippen molar-refractivity contribution in [2.24, 2.45) is 17.8 Å². The SMILES string of the molecule is C[C@H]1C/C=C/[C@H](O)[C@@H]2CC[C@H]2CN2CCCCc3cc(Cl)ccc3COc3ccc(cc32)C(=O)NS(=O)(=O)[C@@H]1C[C@@H]1CCO1. The highest BCUT2D eigenvalue weighted by Gasteiger charge is 2.39. The maximum Gasteiger partial charge on any atom is 0.264 e. The van der Waals surface area contributed by atoms with Crippen LogP contribution in [-0.4, -0.2) is 56.6 Å². The molecule has 44 heavy (non-hydrogen) atoms. The minimum absolute atomic E-state index is 0.123. The Morgan fingerprint density at radius 3 is 2.68 bits per heavy atom. The lowest BCUT2D eigenvalue weighted by Gasteiger charge is -2.42. The van der Waals surface area contributed by atoms with E-state index in [1.807, 2.05) is 37.3 Å². The molecule has 2 fully saturated rings. The lowest BCUT2D eigenvalue weighted by Crippen LogP contribution is -2.45. The summed E-state index contributed by atoms with van der Waals surface area (Å²) in [6.07, 6.45) is 9.36. The Bertz CT molecular complexity index is 1490. The molecule has 1 saturated heterocycles. The Morgan fingerprint density at radius 2 is 1.93 bits per heavy atom. The van der Waals surface area contributed by atoms with Crippen molar-refractivity contribution in [2.75, 3.05) is 24.6 Å². The van der Waals surface area contributed by atoms with Crippen LogP contribution in [0, 0.1) is 17.8 Å². The summed E-state index contributed by atoms with van der Waals surface area (Å²) in [5.74, 6) is 0.131. The summed E-state index contributed by atoms with van der Waals surface area (Å²) in [5.41, 5.74) is 3.28. The molecule has 0 aromatic heterocycles. The quantitative estimate of drug-likeness (QED) is 0.408. The number of carbonyl (C=O) groups excluding carboxylic acids is 1. The molecule has 2 bridgehead atoms. The van der Waals surface area contributed by atoms with Gasteiger partial charge >= 0.3 is 0 Å². The number of aliphatic hydroxyl groups excluding tert-OH is 1. The Kier molecular flexibility index (Phi) is 9.57. The number of fused-ring (bicyclic) bond motifs is 3. The smallest absolute Gasteiger partial charge is 0.264 e. The first kappa shape index (κ1) is 31.4. The number of anilines is 1. The number of ether oxygens (including phenoxy) is 2. The number of benzene rings is 2. The Morgan fingerprint density at radius 1 is 1.09 bits per heavy atom. The van der Waals surface area contributed by atoms with Crippen molar-refractivity contribution in [3.05, 3.63) is 70.3 Å². The van der Waals surface area contributed by atoms with Crippen LogP contribution in [0.2, 0.25) is 5.02 Å². The predicted molar refractivity (Wildman–Crippen MR) is 172 cm³/mol. The van der Waals surface area contributed by atoms with Gasteiger partial charge < -0.3 is 19.5 Å². The molecule has 0 spiro atoms. The Balaban J connectivity index is 1.37. The van der Waals surface area contributed by atoms with E-state index in [0.717, 1.165) is 56.3 Å². The number of allylic oxidation sites excluding steroid dienone is 1.